The molecule has 1 N–H and O–H groups in total. The van der Waals surface area contributed by atoms with E-state index < -0.39 is 0 Å². The number of hydrogen-bond acceptors (Lipinski definition) is 5. The van der Waals surface area contributed by atoms with E-state index in [-0.39, 0.29) is 12.3 Å². The van der Waals surface area contributed by atoms with Crippen molar-refractivity contribution in [1.29, 1.82) is 0 Å². The van der Waals surface area contributed by atoms with Crippen molar-refractivity contribution in [2.45, 2.75) is 31.7 Å². The highest BCUT2D eigenvalue weighted by molar-refractivity contribution is 6.30. The first kappa shape index (κ1) is 20.1. The fraction of sp³-hybridized carbons (Fsp3) is 0.348. The highest BCUT2D eigenvalue weighted by Crippen LogP contribution is 2.24. The highest BCUT2D eigenvalue weighted by atomic mass is 35.5. The van der Waals surface area contributed by atoms with Crippen LogP contribution in [0, 0.1) is 0 Å². The van der Waals surface area contributed by atoms with Crippen molar-refractivity contribution >= 4 is 22.5 Å². The molecule has 5 nitrogen and oxygen atoms in total. The van der Waals surface area contributed by atoms with Crippen LogP contribution in [0.5, 0.6) is 5.75 Å². The monoisotopic (exact) mass is 412 g/mol. The number of hydrogen-bond donors (Lipinski definition) is 1. The molecule has 0 bridgehead atoms. The lowest BCUT2D eigenvalue weighted by Gasteiger charge is -2.30. The number of methoxy groups -OCH3 is 1. The van der Waals surface area contributed by atoms with E-state index in [4.69, 9.17) is 25.8 Å². The van der Waals surface area contributed by atoms with Gasteiger partial charge in [0.25, 0.3) is 0 Å². The van der Waals surface area contributed by atoms with Crippen LogP contribution < -0.4 is 10.1 Å². The SMILES string of the molecule is COc1ccc2nccc(CC[C@H]3OC[C@H](NCc4cccc(Cl)c4)CO3)c2c1. The number of halogens is 1. The average molecular weight is 413 g/mol. The number of benzene rings is 2. The molecule has 0 atom stereocenters. The van der Waals surface area contributed by atoms with Crippen LogP contribution in [-0.2, 0) is 22.4 Å². The van der Waals surface area contributed by atoms with E-state index in [1.54, 1.807) is 7.11 Å². The standard InChI is InChI=1S/C23H25ClN2O3/c1-27-20-6-7-22-21(12-20)17(9-10-25-22)5-8-23-28-14-19(15-29-23)26-13-16-3-2-4-18(24)11-16/h2-4,6-7,9-12,19,23,26H,5,8,13-15H2,1H3/t19-,23-. The lowest BCUT2D eigenvalue weighted by Crippen LogP contribution is -2.44. The zero-order valence-electron chi connectivity index (χ0n) is 16.4. The summed E-state index contributed by atoms with van der Waals surface area (Å²) in [6.07, 6.45) is 3.32. The van der Waals surface area contributed by atoms with Crippen LogP contribution in [0.4, 0.5) is 0 Å². The van der Waals surface area contributed by atoms with E-state index >= 15 is 0 Å². The molecule has 4 rings (SSSR count). The smallest absolute Gasteiger partial charge is 0.158 e. The Labute approximate surface area is 175 Å². The van der Waals surface area contributed by atoms with Gasteiger partial charge in [-0.25, -0.2) is 0 Å². The fourth-order valence-electron chi connectivity index (χ4n) is 3.54. The Morgan fingerprint density at radius 3 is 2.79 bits per heavy atom. The Kier molecular flexibility index (Phi) is 6.62. The molecule has 2 aromatic carbocycles. The molecular formula is C23H25ClN2O3. The number of ether oxygens (including phenoxy) is 3. The minimum atomic E-state index is -0.187. The van der Waals surface area contributed by atoms with Gasteiger partial charge in [0.05, 0.1) is 31.9 Å². The molecule has 0 unspecified atom stereocenters. The van der Waals surface area contributed by atoms with Gasteiger partial charge in [0.15, 0.2) is 6.29 Å². The number of fused-ring (bicyclic) bond motifs is 1. The second-order valence-corrected chi connectivity index (χ2v) is 7.63. The molecule has 29 heavy (non-hydrogen) atoms. The highest BCUT2D eigenvalue weighted by Gasteiger charge is 2.22. The molecule has 3 aromatic rings. The Morgan fingerprint density at radius 2 is 2.00 bits per heavy atom. The normalized spacial score (nSPS) is 19.4. The largest absolute Gasteiger partial charge is 0.497 e. The zero-order valence-corrected chi connectivity index (χ0v) is 17.2. The third-order valence-electron chi connectivity index (χ3n) is 5.14. The molecule has 1 fully saturated rings. The van der Waals surface area contributed by atoms with Crippen molar-refractivity contribution in [3.05, 3.63) is 70.9 Å². The first-order chi connectivity index (χ1) is 14.2. The van der Waals surface area contributed by atoms with Crippen molar-refractivity contribution in [2.24, 2.45) is 0 Å². The fourth-order valence-corrected chi connectivity index (χ4v) is 3.75. The zero-order chi connectivity index (χ0) is 20.1. The minimum absolute atomic E-state index is 0.177. The maximum Gasteiger partial charge on any atom is 0.158 e. The van der Waals surface area contributed by atoms with Gasteiger partial charge in [-0.3, -0.25) is 4.98 Å². The van der Waals surface area contributed by atoms with E-state index in [0.717, 1.165) is 46.6 Å². The summed E-state index contributed by atoms with van der Waals surface area (Å²) in [6, 6.07) is 16.1. The van der Waals surface area contributed by atoms with Crippen molar-refractivity contribution in [3.63, 3.8) is 0 Å². The molecule has 0 spiro atoms. The molecule has 0 aliphatic carbocycles. The van der Waals surface area contributed by atoms with Crippen LogP contribution in [0.15, 0.2) is 54.7 Å². The summed E-state index contributed by atoms with van der Waals surface area (Å²) in [6.45, 7) is 2.01. The molecule has 1 saturated heterocycles. The molecule has 1 aliphatic rings. The molecule has 1 aliphatic heterocycles. The van der Waals surface area contributed by atoms with Crippen LogP contribution >= 0.6 is 11.6 Å². The van der Waals surface area contributed by atoms with Gasteiger partial charge in [0.1, 0.15) is 5.75 Å². The quantitative estimate of drug-likeness (QED) is 0.624. The number of aryl methyl sites for hydroxylation is 1. The second kappa shape index (κ2) is 9.55. The maximum absolute atomic E-state index is 6.04. The van der Waals surface area contributed by atoms with Crippen molar-refractivity contribution in [2.75, 3.05) is 20.3 Å². The number of nitrogens with zero attached hydrogens (tertiary/aromatic N) is 1. The topological polar surface area (TPSA) is 52.6 Å². The number of pyridine rings is 1. The number of nitrogens with one attached hydrogen (secondary N) is 1. The lowest BCUT2D eigenvalue weighted by molar-refractivity contribution is -0.192. The van der Waals surface area contributed by atoms with Crippen molar-refractivity contribution in [3.8, 4) is 5.75 Å². The molecule has 0 amide bonds. The van der Waals surface area contributed by atoms with Gasteiger partial charge in [-0.15, -0.1) is 0 Å². The van der Waals surface area contributed by atoms with Gasteiger partial charge in [0.2, 0.25) is 0 Å². The van der Waals surface area contributed by atoms with Gasteiger partial charge >= 0.3 is 0 Å². The Bertz CT molecular complexity index is 958. The predicted octanol–water partition coefficient (Wildman–Crippen LogP) is 4.36. The number of rotatable bonds is 7. The van der Waals surface area contributed by atoms with E-state index in [2.05, 4.69) is 22.4 Å². The first-order valence-electron chi connectivity index (χ1n) is 9.84. The molecule has 152 valence electrons. The predicted molar refractivity (Wildman–Crippen MR) is 114 cm³/mol. The van der Waals surface area contributed by atoms with Crippen LogP contribution in [-0.4, -0.2) is 37.6 Å². The van der Waals surface area contributed by atoms with Gasteiger partial charge in [0, 0.05) is 29.6 Å². The maximum atomic E-state index is 6.04. The Morgan fingerprint density at radius 1 is 1.14 bits per heavy atom. The summed E-state index contributed by atoms with van der Waals surface area (Å²) < 4.78 is 17.2. The van der Waals surface area contributed by atoms with Gasteiger partial charge in [-0.1, -0.05) is 23.7 Å². The Balaban J connectivity index is 1.27. The average Bonchev–Trinajstić information content (AvgIpc) is 2.76. The molecule has 0 radical (unpaired) electrons. The van der Waals surface area contributed by atoms with E-state index in [0.29, 0.717) is 13.2 Å². The summed E-state index contributed by atoms with van der Waals surface area (Å²) in [4.78, 5) is 4.44. The summed E-state index contributed by atoms with van der Waals surface area (Å²) >= 11 is 6.04. The van der Waals surface area contributed by atoms with E-state index in [1.807, 2.05) is 42.6 Å². The molecule has 2 heterocycles. The van der Waals surface area contributed by atoms with E-state index in [9.17, 15) is 0 Å². The molecule has 1 aromatic heterocycles. The first-order valence-corrected chi connectivity index (χ1v) is 10.2. The summed E-state index contributed by atoms with van der Waals surface area (Å²) in [5.41, 5.74) is 3.35. The van der Waals surface area contributed by atoms with Gasteiger partial charge in [-0.05, 0) is 53.9 Å². The second-order valence-electron chi connectivity index (χ2n) is 7.20. The summed E-state index contributed by atoms with van der Waals surface area (Å²) in [7, 11) is 1.68. The van der Waals surface area contributed by atoms with Crippen molar-refractivity contribution in [1.82, 2.24) is 10.3 Å². The minimum Gasteiger partial charge on any atom is -0.497 e. The van der Waals surface area contributed by atoms with Crippen LogP contribution in [0.2, 0.25) is 5.02 Å². The third kappa shape index (κ3) is 5.25. The molecular weight excluding hydrogens is 388 g/mol. The van der Waals surface area contributed by atoms with Gasteiger partial charge < -0.3 is 19.5 Å². The summed E-state index contributed by atoms with van der Waals surface area (Å²) in [5.74, 6) is 0.838. The van der Waals surface area contributed by atoms with E-state index in [1.165, 1.54) is 5.56 Å². The third-order valence-corrected chi connectivity index (χ3v) is 5.37. The lowest BCUT2D eigenvalue weighted by atomic mass is 10.0. The molecule has 0 saturated carbocycles. The number of aromatic nitrogens is 1. The van der Waals surface area contributed by atoms with Gasteiger partial charge in [-0.2, -0.15) is 0 Å². The van der Waals surface area contributed by atoms with Crippen LogP contribution in [0.1, 0.15) is 17.5 Å². The van der Waals surface area contributed by atoms with Crippen LogP contribution in [0.25, 0.3) is 10.9 Å². The summed E-state index contributed by atoms with van der Waals surface area (Å²) in [5, 5.41) is 5.33. The van der Waals surface area contributed by atoms with Crippen LogP contribution in [0.3, 0.4) is 0 Å². The Hall–Kier alpha value is -2.18. The van der Waals surface area contributed by atoms with Crippen molar-refractivity contribution < 1.29 is 14.2 Å². The molecule has 6 heteroatoms.